The van der Waals surface area contributed by atoms with Crippen LogP contribution in [0.3, 0.4) is 0 Å². The second kappa shape index (κ2) is 6.41. The highest BCUT2D eigenvalue weighted by Crippen LogP contribution is 2.12. The SMILES string of the molecule is Cc1cc(=O)c(C(=O)O)cn1CC1CN(C(C)C)CCO1. The fourth-order valence-electron chi connectivity index (χ4n) is 2.57. The van der Waals surface area contributed by atoms with Crippen LogP contribution < -0.4 is 5.43 Å². The number of aromatic nitrogens is 1. The Labute approximate surface area is 123 Å². The summed E-state index contributed by atoms with van der Waals surface area (Å²) in [5, 5.41) is 9.05. The van der Waals surface area contributed by atoms with Crippen molar-refractivity contribution in [3.8, 4) is 0 Å². The monoisotopic (exact) mass is 294 g/mol. The number of aromatic carboxylic acids is 1. The van der Waals surface area contributed by atoms with E-state index in [9.17, 15) is 9.59 Å². The summed E-state index contributed by atoms with van der Waals surface area (Å²) in [4.78, 5) is 25.0. The standard InChI is InChI=1S/C15H22N2O4/c1-10(2)16-4-5-21-12(7-16)8-17-9-13(15(19)20)14(18)6-11(17)3/h6,9-10,12H,4-5,7-8H2,1-3H3,(H,19,20). The minimum Gasteiger partial charge on any atom is -0.477 e. The Kier molecular flexibility index (Phi) is 4.80. The van der Waals surface area contributed by atoms with Crippen LogP contribution in [-0.2, 0) is 11.3 Å². The van der Waals surface area contributed by atoms with Gasteiger partial charge >= 0.3 is 5.97 Å². The smallest absolute Gasteiger partial charge is 0.341 e. The fourth-order valence-corrected chi connectivity index (χ4v) is 2.57. The van der Waals surface area contributed by atoms with Crippen molar-refractivity contribution in [3.05, 3.63) is 33.7 Å². The van der Waals surface area contributed by atoms with Gasteiger partial charge in [-0.05, 0) is 20.8 Å². The van der Waals surface area contributed by atoms with Gasteiger partial charge in [0, 0.05) is 43.6 Å². The summed E-state index contributed by atoms with van der Waals surface area (Å²) in [6.45, 7) is 9.05. The van der Waals surface area contributed by atoms with E-state index in [1.165, 1.54) is 12.3 Å². The molecular weight excluding hydrogens is 272 g/mol. The van der Waals surface area contributed by atoms with Crippen LogP contribution in [-0.4, -0.2) is 52.4 Å². The lowest BCUT2D eigenvalue weighted by Gasteiger charge is -2.36. The lowest BCUT2D eigenvalue weighted by atomic mass is 10.2. The first-order valence-corrected chi connectivity index (χ1v) is 7.18. The summed E-state index contributed by atoms with van der Waals surface area (Å²) in [5.41, 5.74) is 0.0945. The number of hydrogen-bond acceptors (Lipinski definition) is 4. The molecule has 6 nitrogen and oxygen atoms in total. The lowest BCUT2D eigenvalue weighted by molar-refractivity contribution is -0.0458. The highest BCUT2D eigenvalue weighted by atomic mass is 16.5. The van der Waals surface area contributed by atoms with Crippen LogP contribution in [0.1, 0.15) is 29.9 Å². The number of ether oxygens (including phenoxy) is 1. The van der Waals surface area contributed by atoms with Crippen LogP contribution >= 0.6 is 0 Å². The fraction of sp³-hybridized carbons (Fsp3) is 0.600. The maximum atomic E-state index is 11.6. The maximum Gasteiger partial charge on any atom is 0.341 e. The molecule has 0 aliphatic carbocycles. The molecule has 1 fully saturated rings. The summed E-state index contributed by atoms with van der Waals surface area (Å²) in [6.07, 6.45) is 1.42. The third-order valence-corrected chi connectivity index (χ3v) is 3.87. The number of carboxylic acid groups (broad SMARTS) is 1. The predicted molar refractivity (Wildman–Crippen MR) is 78.8 cm³/mol. The summed E-state index contributed by atoms with van der Waals surface area (Å²) in [5.74, 6) is -1.19. The van der Waals surface area contributed by atoms with Gasteiger partial charge in [0.25, 0.3) is 0 Å². The van der Waals surface area contributed by atoms with Crippen molar-refractivity contribution in [2.24, 2.45) is 0 Å². The average molecular weight is 294 g/mol. The zero-order valence-corrected chi connectivity index (χ0v) is 12.7. The molecule has 0 radical (unpaired) electrons. The van der Waals surface area contributed by atoms with Crippen LogP contribution in [0.25, 0.3) is 0 Å². The molecule has 6 heteroatoms. The van der Waals surface area contributed by atoms with Gasteiger partial charge in [-0.3, -0.25) is 9.69 Å². The summed E-state index contributed by atoms with van der Waals surface area (Å²) in [7, 11) is 0. The molecule has 1 N–H and O–H groups in total. The Morgan fingerprint density at radius 3 is 2.86 bits per heavy atom. The van der Waals surface area contributed by atoms with Gasteiger partial charge in [-0.2, -0.15) is 0 Å². The maximum absolute atomic E-state index is 11.6. The van der Waals surface area contributed by atoms with Gasteiger partial charge in [0.1, 0.15) is 5.56 Å². The Morgan fingerprint density at radius 2 is 2.24 bits per heavy atom. The third-order valence-electron chi connectivity index (χ3n) is 3.87. The van der Waals surface area contributed by atoms with E-state index in [0.29, 0.717) is 19.2 Å². The lowest BCUT2D eigenvalue weighted by Crippen LogP contribution is -2.47. The van der Waals surface area contributed by atoms with E-state index in [2.05, 4.69) is 18.7 Å². The van der Waals surface area contributed by atoms with Crippen LogP contribution in [0, 0.1) is 6.92 Å². The molecule has 0 amide bonds. The summed E-state index contributed by atoms with van der Waals surface area (Å²) < 4.78 is 7.55. The molecule has 0 saturated carbocycles. The normalized spacial score (nSPS) is 19.9. The number of aryl methyl sites for hydroxylation is 1. The number of rotatable bonds is 4. The highest BCUT2D eigenvalue weighted by molar-refractivity contribution is 5.87. The predicted octanol–water partition coefficient (Wildman–Crippen LogP) is 0.964. The molecule has 1 aromatic rings. The Balaban J connectivity index is 2.17. The van der Waals surface area contributed by atoms with E-state index in [1.807, 2.05) is 0 Å². The molecule has 1 atom stereocenters. The summed E-state index contributed by atoms with van der Waals surface area (Å²) >= 11 is 0. The van der Waals surface area contributed by atoms with Crippen LogP contribution in [0.5, 0.6) is 0 Å². The van der Waals surface area contributed by atoms with Crippen molar-refractivity contribution >= 4 is 5.97 Å². The van der Waals surface area contributed by atoms with Crippen molar-refractivity contribution in [1.82, 2.24) is 9.47 Å². The molecule has 2 heterocycles. The molecule has 2 rings (SSSR count). The first-order chi connectivity index (χ1) is 9.88. The zero-order valence-electron chi connectivity index (χ0n) is 12.7. The van der Waals surface area contributed by atoms with E-state index >= 15 is 0 Å². The topological polar surface area (TPSA) is 71.8 Å². The van der Waals surface area contributed by atoms with Crippen molar-refractivity contribution in [2.75, 3.05) is 19.7 Å². The molecule has 0 bridgehead atoms. The van der Waals surface area contributed by atoms with Gasteiger partial charge in [0.15, 0.2) is 5.43 Å². The minimum atomic E-state index is -1.19. The van der Waals surface area contributed by atoms with Crippen molar-refractivity contribution in [3.63, 3.8) is 0 Å². The van der Waals surface area contributed by atoms with E-state index in [-0.39, 0.29) is 11.7 Å². The van der Waals surface area contributed by atoms with Gasteiger partial charge in [0.05, 0.1) is 12.7 Å². The molecule has 21 heavy (non-hydrogen) atoms. The van der Waals surface area contributed by atoms with Gasteiger partial charge in [-0.1, -0.05) is 0 Å². The molecule has 1 aliphatic heterocycles. The summed E-state index contributed by atoms with van der Waals surface area (Å²) in [6, 6.07) is 1.83. The van der Waals surface area contributed by atoms with Gasteiger partial charge in [-0.25, -0.2) is 4.79 Å². The number of morpholine rings is 1. The Morgan fingerprint density at radius 1 is 1.52 bits per heavy atom. The van der Waals surface area contributed by atoms with Crippen molar-refractivity contribution < 1.29 is 14.6 Å². The Bertz CT molecular complexity index is 580. The van der Waals surface area contributed by atoms with Gasteiger partial charge < -0.3 is 14.4 Å². The highest BCUT2D eigenvalue weighted by Gasteiger charge is 2.23. The van der Waals surface area contributed by atoms with Crippen LogP contribution in [0.4, 0.5) is 0 Å². The second-order valence-electron chi connectivity index (χ2n) is 5.73. The molecular formula is C15H22N2O4. The van der Waals surface area contributed by atoms with E-state index in [4.69, 9.17) is 9.84 Å². The zero-order chi connectivity index (χ0) is 15.6. The second-order valence-corrected chi connectivity index (χ2v) is 5.73. The third kappa shape index (κ3) is 3.71. The number of nitrogens with zero attached hydrogens (tertiary/aromatic N) is 2. The van der Waals surface area contributed by atoms with Crippen molar-refractivity contribution in [1.29, 1.82) is 0 Å². The quantitative estimate of drug-likeness (QED) is 0.895. The minimum absolute atomic E-state index is 0.00370. The first-order valence-electron chi connectivity index (χ1n) is 7.18. The molecule has 0 spiro atoms. The van der Waals surface area contributed by atoms with Crippen LogP contribution in [0.2, 0.25) is 0 Å². The number of pyridine rings is 1. The molecule has 116 valence electrons. The van der Waals surface area contributed by atoms with Crippen LogP contribution in [0.15, 0.2) is 17.1 Å². The largest absolute Gasteiger partial charge is 0.477 e. The molecule has 0 aromatic carbocycles. The number of hydrogen-bond donors (Lipinski definition) is 1. The molecule has 1 saturated heterocycles. The molecule has 1 aliphatic rings. The average Bonchev–Trinajstić information content (AvgIpc) is 2.41. The molecule has 1 unspecified atom stereocenters. The van der Waals surface area contributed by atoms with Gasteiger partial charge in [-0.15, -0.1) is 0 Å². The Hall–Kier alpha value is -1.66. The first kappa shape index (κ1) is 15.7. The van der Waals surface area contributed by atoms with E-state index < -0.39 is 11.4 Å². The van der Waals surface area contributed by atoms with E-state index in [1.54, 1.807) is 11.5 Å². The van der Waals surface area contributed by atoms with Crippen molar-refractivity contribution in [2.45, 2.75) is 39.5 Å². The van der Waals surface area contributed by atoms with E-state index in [0.717, 1.165) is 18.8 Å². The molecule has 1 aromatic heterocycles. The van der Waals surface area contributed by atoms with Gasteiger partial charge in [0.2, 0.25) is 0 Å². The number of carboxylic acids is 1. The number of carbonyl (C=O) groups is 1.